The molecule has 2 N–H and O–H groups in total. The quantitative estimate of drug-likeness (QED) is 0.0568. The number of phenolic OH excluding ortho intramolecular Hbond substituents is 1. The van der Waals surface area contributed by atoms with Gasteiger partial charge in [-0.1, -0.05) is 101 Å². The van der Waals surface area contributed by atoms with Crippen molar-refractivity contribution >= 4 is 58.0 Å². The summed E-state index contributed by atoms with van der Waals surface area (Å²) in [4.78, 5) is -0.804. The summed E-state index contributed by atoms with van der Waals surface area (Å²) in [6, 6.07) is 21.2. The molecule has 0 amide bonds. The first-order valence-electron chi connectivity index (χ1n) is 16.9. The van der Waals surface area contributed by atoms with Gasteiger partial charge in [-0.15, -0.1) is 0 Å². The fourth-order valence-corrected chi connectivity index (χ4v) is 6.09. The van der Waals surface area contributed by atoms with E-state index in [-0.39, 0.29) is 59.9 Å². The van der Waals surface area contributed by atoms with Crippen LogP contribution in [0.2, 0.25) is 0 Å². The van der Waals surface area contributed by atoms with E-state index in [4.69, 9.17) is 14.0 Å². The van der Waals surface area contributed by atoms with Gasteiger partial charge in [-0.05, 0) is 85.3 Å². The smallest absolute Gasteiger partial charge is 0.870 e. The van der Waals surface area contributed by atoms with Crippen LogP contribution in [-0.2, 0) is 33.1 Å². The molecule has 0 aliphatic carbocycles. The van der Waals surface area contributed by atoms with Gasteiger partial charge in [-0.25, -0.2) is 8.42 Å². The molecule has 0 bridgehead atoms. The van der Waals surface area contributed by atoms with Crippen LogP contribution in [0.1, 0.15) is 89.2 Å². The molecule has 13 heteroatoms. The van der Waals surface area contributed by atoms with E-state index in [1.807, 2.05) is 36.4 Å². The van der Waals surface area contributed by atoms with Crippen molar-refractivity contribution in [3.8, 4) is 34.5 Å². The fraction of sp³-hybridized carbons (Fsp3) is 0.368. The Balaban J connectivity index is 0.000000347. The molecule has 51 heavy (non-hydrogen) atoms. The Morgan fingerprint density at radius 2 is 1.08 bits per heavy atom. The average Bonchev–Trinajstić information content (AvgIpc) is 3.06. The zero-order valence-corrected chi connectivity index (χ0v) is 33.1. The molecule has 0 fully saturated rings. The van der Waals surface area contributed by atoms with Crippen LogP contribution in [0.3, 0.4) is 0 Å². The predicted molar refractivity (Wildman–Crippen MR) is 195 cm³/mol. The average molecular weight is 767 g/mol. The predicted octanol–water partition coefficient (Wildman–Crippen LogP) is 8.53. The minimum atomic E-state index is -4.63. The van der Waals surface area contributed by atoms with Gasteiger partial charge in [-0.2, -0.15) is 8.42 Å². The molecule has 0 heterocycles. The Kier molecular flexibility index (Phi) is 19.4. The van der Waals surface area contributed by atoms with Crippen molar-refractivity contribution in [2.75, 3.05) is 0 Å². The number of rotatable bonds is 18. The van der Waals surface area contributed by atoms with Gasteiger partial charge < -0.3 is 24.2 Å². The Morgan fingerprint density at radius 1 is 0.608 bits per heavy atom. The third-order valence-corrected chi connectivity index (χ3v) is 9.50. The van der Waals surface area contributed by atoms with Crippen molar-refractivity contribution in [3.63, 3.8) is 0 Å². The maximum absolute atomic E-state index is 11.8. The van der Waals surface area contributed by atoms with Gasteiger partial charge in [0.15, 0.2) is 11.5 Å². The summed E-state index contributed by atoms with van der Waals surface area (Å²) in [5.74, 6) is 0.0967. The van der Waals surface area contributed by atoms with Crippen molar-refractivity contribution in [1.29, 1.82) is 0 Å². The summed E-state index contributed by atoms with van der Waals surface area (Å²) < 4.78 is 75.9. The van der Waals surface area contributed by atoms with Gasteiger partial charge in [0.05, 0.1) is 9.79 Å². The minimum absolute atomic E-state index is 0. The molecule has 10 nitrogen and oxygen atoms in total. The Labute approximate surface area is 332 Å². The maximum Gasteiger partial charge on any atom is 2.00 e. The topological polar surface area (TPSA) is 173 Å². The van der Waals surface area contributed by atoms with Crippen molar-refractivity contribution < 1.29 is 45.6 Å². The molecule has 0 atom stereocenters. The zero-order chi connectivity index (χ0) is 36.6. The van der Waals surface area contributed by atoms with E-state index in [0.29, 0.717) is 11.5 Å². The number of ether oxygens (including phenoxy) is 2. The summed E-state index contributed by atoms with van der Waals surface area (Å²) in [6.07, 6.45) is 13.8. The van der Waals surface area contributed by atoms with Crippen molar-refractivity contribution in [2.45, 2.75) is 101 Å². The standard InChI is InChI=1S/2C19H24O5S.Ca/c2*1-2-3-4-5-6-8-15-9-7-10-16(13-15)24-19-14-17(25(21,22)23)11-12-18(19)20;/h2*7,9-14,20H,2-6,8H2,1H3,(H,21,22,23);/q;;+2/p-2. The molecule has 4 aromatic carbocycles. The number of hydrogen-bond acceptors (Lipinski definition) is 9. The van der Waals surface area contributed by atoms with Crippen LogP contribution in [0, 0.1) is 0 Å². The molecule has 0 saturated carbocycles. The molecular weight excluding hydrogens is 721 g/mol. The molecule has 0 radical (unpaired) electrons. The first kappa shape index (κ1) is 44.3. The molecule has 0 spiro atoms. The zero-order valence-electron chi connectivity index (χ0n) is 29.3. The van der Waals surface area contributed by atoms with Crippen molar-refractivity contribution in [2.24, 2.45) is 0 Å². The molecule has 0 aliphatic heterocycles. The summed E-state index contributed by atoms with van der Waals surface area (Å²) in [7, 11) is -8.98. The Hall–Kier alpha value is -2.84. The molecule has 0 aliphatic rings. The van der Waals surface area contributed by atoms with Crippen LogP contribution < -0.4 is 14.6 Å². The van der Waals surface area contributed by atoms with E-state index in [9.17, 15) is 31.6 Å². The molecule has 4 rings (SSSR count). The SMILES string of the molecule is CCCCCCCc1cccc(Oc2cc(S(=O)(=O)O)ccc2O)c1.CCCCCCCc1cccc(Oc2cc(S(=O)(=O)[O-])ccc2[O-])c1.[Ca+2]. The molecule has 0 aromatic heterocycles. The second-order valence-electron chi connectivity index (χ2n) is 12.0. The monoisotopic (exact) mass is 766 g/mol. The van der Waals surface area contributed by atoms with Gasteiger partial charge >= 0.3 is 37.7 Å². The number of benzene rings is 4. The van der Waals surface area contributed by atoms with E-state index in [1.54, 1.807) is 12.1 Å². The molecule has 272 valence electrons. The normalized spacial score (nSPS) is 11.2. The Morgan fingerprint density at radius 3 is 1.57 bits per heavy atom. The van der Waals surface area contributed by atoms with Crippen LogP contribution in [0.5, 0.6) is 34.5 Å². The van der Waals surface area contributed by atoms with Gasteiger partial charge in [0.25, 0.3) is 10.1 Å². The largest absolute Gasteiger partial charge is 2.00 e. The molecule has 0 saturated heterocycles. The second kappa shape index (κ2) is 22.3. The number of unbranched alkanes of at least 4 members (excludes halogenated alkanes) is 8. The second-order valence-corrected chi connectivity index (χ2v) is 14.8. The van der Waals surface area contributed by atoms with Crippen LogP contribution >= 0.6 is 0 Å². The van der Waals surface area contributed by atoms with Crippen molar-refractivity contribution in [3.05, 3.63) is 96.1 Å². The minimum Gasteiger partial charge on any atom is -0.870 e. The van der Waals surface area contributed by atoms with Crippen LogP contribution in [0.25, 0.3) is 0 Å². The van der Waals surface area contributed by atoms with Gasteiger partial charge in [0.2, 0.25) is 0 Å². The molecule has 0 unspecified atom stereocenters. The van der Waals surface area contributed by atoms with E-state index < -0.39 is 30.9 Å². The van der Waals surface area contributed by atoms with E-state index in [0.717, 1.165) is 67.1 Å². The fourth-order valence-electron chi connectivity index (χ4n) is 5.11. The summed E-state index contributed by atoms with van der Waals surface area (Å²) in [5, 5.41) is 21.7. The molecular formula is C38H46CaO10S2. The van der Waals surface area contributed by atoms with E-state index >= 15 is 0 Å². The number of aromatic hydroxyl groups is 1. The summed E-state index contributed by atoms with van der Waals surface area (Å²) in [5.41, 5.74) is 2.22. The first-order chi connectivity index (χ1) is 23.8. The molecule has 4 aromatic rings. The Bertz CT molecular complexity index is 1740. The van der Waals surface area contributed by atoms with Gasteiger partial charge in [0, 0.05) is 6.07 Å². The third kappa shape index (κ3) is 16.2. The van der Waals surface area contributed by atoms with E-state index in [2.05, 4.69) is 13.8 Å². The number of hydrogen-bond donors (Lipinski definition) is 2. The van der Waals surface area contributed by atoms with Crippen molar-refractivity contribution in [1.82, 2.24) is 0 Å². The van der Waals surface area contributed by atoms with Gasteiger partial charge in [-0.3, -0.25) is 4.55 Å². The maximum atomic E-state index is 11.8. The van der Waals surface area contributed by atoms with Gasteiger partial charge in [0.1, 0.15) is 27.4 Å². The number of phenols is 1. The summed E-state index contributed by atoms with van der Waals surface area (Å²) >= 11 is 0. The van der Waals surface area contributed by atoms with E-state index in [1.165, 1.54) is 57.4 Å². The summed E-state index contributed by atoms with van der Waals surface area (Å²) in [6.45, 7) is 4.37. The van der Waals surface area contributed by atoms with Crippen LogP contribution in [-0.4, -0.2) is 68.8 Å². The van der Waals surface area contributed by atoms with Crippen LogP contribution in [0.4, 0.5) is 0 Å². The third-order valence-electron chi connectivity index (χ3n) is 7.82. The van der Waals surface area contributed by atoms with Crippen LogP contribution in [0.15, 0.2) is 94.7 Å². The number of aryl methyl sites for hydroxylation is 2. The first-order valence-corrected chi connectivity index (χ1v) is 19.8.